The van der Waals surface area contributed by atoms with E-state index in [1.807, 2.05) is 0 Å². The summed E-state index contributed by atoms with van der Waals surface area (Å²) in [6, 6.07) is 6.89. The van der Waals surface area contributed by atoms with E-state index in [1.165, 1.54) is 24.3 Å². The first-order chi connectivity index (χ1) is 10.1. The lowest BCUT2D eigenvalue weighted by molar-refractivity contribution is 0.628. The first kappa shape index (κ1) is 12.7. The first-order valence-corrected chi connectivity index (χ1v) is 5.78. The molecule has 0 aliphatic rings. The molecular formula is C13H6FN5O2. The molecule has 0 spiro atoms. The van der Waals surface area contributed by atoms with Crippen molar-refractivity contribution in [3.8, 4) is 17.3 Å². The van der Waals surface area contributed by atoms with Crippen LogP contribution < -0.4 is 11.1 Å². The van der Waals surface area contributed by atoms with Gasteiger partial charge < -0.3 is 0 Å². The van der Waals surface area contributed by atoms with Gasteiger partial charge >= 0.3 is 0 Å². The number of nitrogens with one attached hydrogen (secondary N) is 1. The molecule has 102 valence electrons. The number of nitriles is 1. The van der Waals surface area contributed by atoms with Crippen molar-refractivity contribution in [3.05, 3.63) is 62.6 Å². The van der Waals surface area contributed by atoms with Gasteiger partial charge in [0.2, 0.25) is 5.78 Å². The topological polar surface area (TPSA) is 104 Å². The number of aromatic amines is 1. The Morgan fingerprint density at radius 2 is 1.95 bits per heavy atom. The molecular weight excluding hydrogens is 277 g/mol. The summed E-state index contributed by atoms with van der Waals surface area (Å²) < 4.78 is 13.7. The minimum Gasteiger partial charge on any atom is -0.267 e. The molecule has 2 heterocycles. The zero-order valence-electron chi connectivity index (χ0n) is 10.4. The number of hydrogen-bond donors (Lipinski definition) is 1. The minimum absolute atomic E-state index is 0.0613. The number of aromatic nitrogens is 4. The van der Waals surface area contributed by atoms with Crippen LogP contribution in [0.2, 0.25) is 0 Å². The molecule has 8 heteroatoms. The predicted octanol–water partition coefficient (Wildman–Crippen LogP) is 0.456. The number of fused-ring (bicyclic) bond motifs is 1. The Hall–Kier alpha value is -3.34. The first-order valence-electron chi connectivity index (χ1n) is 5.78. The molecule has 21 heavy (non-hydrogen) atoms. The summed E-state index contributed by atoms with van der Waals surface area (Å²) in [6.45, 7) is 0. The van der Waals surface area contributed by atoms with Crippen molar-refractivity contribution < 1.29 is 4.39 Å². The summed E-state index contributed by atoms with van der Waals surface area (Å²) in [5.74, 6) is -0.546. The Labute approximate surface area is 115 Å². The molecule has 0 radical (unpaired) electrons. The van der Waals surface area contributed by atoms with Gasteiger partial charge in [-0.15, -0.1) is 0 Å². The van der Waals surface area contributed by atoms with Gasteiger partial charge in [-0.05, 0) is 24.3 Å². The number of rotatable bonds is 1. The summed E-state index contributed by atoms with van der Waals surface area (Å²) in [5, 5.41) is 15.1. The van der Waals surface area contributed by atoms with Gasteiger partial charge in [0, 0.05) is 5.56 Å². The zero-order valence-corrected chi connectivity index (χ0v) is 10.4. The van der Waals surface area contributed by atoms with Crippen molar-refractivity contribution in [2.75, 3.05) is 0 Å². The summed E-state index contributed by atoms with van der Waals surface area (Å²) in [7, 11) is 0. The fourth-order valence-corrected chi connectivity index (χ4v) is 1.92. The fourth-order valence-electron chi connectivity index (χ4n) is 1.92. The van der Waals surface area contributed by atoms with Gasteiger partial charge in [-0.25, -0.2) is 18.9 Å². The molecule has 0 saturated heterocycles. The predicted molar refractivity (Wildman–Crippen MR) is 70.0 cm³/mol. The van der Waals surface area contributed by atoms with E-state index >= 15 is 0 Å². The van der Waals surface area contributed by atoms with E-state index in [1.54, 1.807) is 6.07 Å². The third kappa shape index (κ3) is 1.97. The lowest BCUT2D eigenvalue weighted by Crippen LogP contribution is -2.30. The van der Waals surface area contributed by atoms with Crippen molar-refractivity contribution in [2.24, 2.45) is 0 Å². The van der Waals surface area contributed by atoms with Crippen LogP contribution in [0.15, 0.2) is 40.1 Å². The minimum atomic E-state index is -0.800. The van der Waals surface area contributed by atoms with E-state index in [-0.39, 0.29) is 17.0 Å². The molecule has 0 atom stereocenters. The molecule has 2 aromatic heterocycles. The van der Waals surface area contributed by atoms with Crippen LogP contribution in [-0.2, 0) is 0 Å². The van der Waals surface area contributed by atoms with E-state index in [9.17, 15) is 14.0 Å². The highest BCUT2D eigenvalue weighted by molar-refractivity contribution is 5.67. The van der Waals surface area contributed by atoms with Gasteiger partial charge in [-0.1, -0.05) is 0 Å². The van der Waals surface area contributed by atoms with Gasteiger partial charge in [0.05, 0.1) is 5.69 Å². The lowest BCUT2D eigenvalue weighted by Gasteiger charge is -2.05. The molecule has 0 bridgehead atoms. The highest BCUT2D eigenvalue weighted by Gasteiger charge is 2.16. The third-order valence-electron chi connectivity index (χ3n) is 2.87. The van der Waals surface area contributed by atoms with Crippen LogP contribution in [-0.4, -0.2) is 19.6 Å². The van der Waals surface area contributed by atoms with Crippen molar-refractivity contribution in [3.63, 3.8) is 0 Å². The highest BCUT2D eigenvalue weighted by atomic mass is 19.1. The van der Waals surface area contributed by atoms with Crippen molar-refractivity contribution >= 4 is 5.78 Å². The standard InChI is InChI=1S/C13H6FN5O2/c14-8-3-1-7(2-4-8)11-9(5-15)12(21)19-10(20)6-16-18-13(19)17-11/h1-4,6H,(H,17,18). The average molecular weight is 283 g/mol. The molecule has 0 unspecified atom stereocenters. The molecule has 0 aliphatic carbocycles. The van der Waals surface area contributed by atoms with Crippen LogP contribution >= 0.6 is 0 Å². The zero-order chi connectivity index (χ0) is 15.0. The van der Waals surface area contributed by atoms with Gasteiger partial charge in [0.1, 0.15) is 23.6 Å². The van der Waals surface area contributed by atoms with Gasteiger partial charge in [0.15, 0.2) is 0 Å². The van der Waals surface area contributed by atoms with Crippen LogP contribution in [0.5, 0.6) is 0 Å². The van der Waals surface area contributed by atoms with Gasteiger partial charge in [-0.3, -0.25) is 9.59 Å². The molecule has 0 aliphatic heterocycles. The maximum Gasteiger partial charge on any atom is 0.280 e. The summed E-state index contributed by atoms with van der Waals surface area (Å²) in [4.78, 5) is 27.9. The fraction of sp³-hybridized carbons (Fsp3) is 0. The number of H-pyrrole nitrogens is 1. The van der Waals surface area contributed by atoms with Crippen molar-refractivity contribution in [1.29, 1.82) is 5.26 Å². The molecule has 3 aromatic rings. The van der Waals surface area contributed by atoms with Gasteiger partial charge in [-0.2, -0.15) is 10.4 Å². The SMILES string of the molecule is N#Cc1c(-c2ccc(F)cc2)nc2[nH]ncc(=O)n2c1=O. The van der Waals surface area contributed by atoms with E-state index < -0.39 is 16.9 Å². The molecule has 1 N–H and O–H groups in total. The number of hydrogen-bond acceptors (Lipinski definition) is 5. The monoisotopic (exact) mass is 283 g/mol. The Kier molecular flexibility index (Phi) is 2.80. The Morgan fingerprint density at radius 3 is 2.62 bits per heavy atom. The molecule has 0 fully saturated rings. The Balaban J connectivity index is 2.44. The summed E-state index contributed by atoms with van der Waals surface area (Å²) >= 11 is 0. The largest absolute Gasteiger partial charge is 0.280 e. The normalized spacial score (nSPS) is 10.5. The quantitative estimate of drug-likeness (QED) is 0.698. The van der Waals surface area contributed by atoms with Crippen molar-refractivity contribution in [2.45, 2.75) is 0 Å². The summed E-state index contributed by atoms with van der Waals surface area (Å²) in [6.07, 6.45) is 0.912. The van der Waals surface area contributed by atoms with Crippen LogP contribution in [0.1, 0.15) is 5.56 Å². The molecule has 7 nitrogen and oxygen atoms in total. The average Bonchev–Trinajstić information content (AvgIpc) is 2.48. The number of benzene rings is 1. The Bertz CT molecular complexity index is 998. The number of halogens is 1. The van der Waals surface area contributed by atoms with Crippen LogP contribution in [0.25, 0.3) is 17.0 Å². The molecule has 1 aromatic carbocycles. The second-order valence-electron chi connectivity index (χ2n) is 4.13. The van der Waals surface area contributed by atoms with Crippen LogP contribution in [0.4, 0.5) is 4.39 Å². The third-order valence-corrected chi connectivity index (χ3v) is 2.87. The maximum atomic E-state index is 13.0. The van der Waals surface area contributed by atoms with E-state index in [0.29, 0.717) is 5.56 Å². The Morgan fingerprint density at radius 1 is 1.24 bits per heavy atom. The van der Waals surface area contributed by atoms with E-state index in [2.05, 4.69) is 15.2 Å². The van der Waals surface area contributed by atoms with Gasteiger partial charge in [0.25, 0.3) is 11.1 Å². The highest BCUT2D eigenvalue weighted by Crippen LogP contribution is 2.19. The molecule has 3 rings (SSSR count). The smallest absolute Gasteiger partial charge is 0.267 e. The number of nitrogens with zero attached hydrogens (tertiary/aromatic N) is 4. The van der Waals surface area contributed by atoms with E-state index in [0.717, 1.165) is 10.6 Å². The summed E-state index contributed by atoms with van der Waals surface area (Å²) in [5.41, 5.74) is -1.34. The van der Waals surface area contributed by atoms with Crippen LogP contribution in [0, 0.1) is 17.1 Å². The second kappa shape index (κ2) is 4.64. The lowest BCUT2D eigenvalue weighted by atomic mass is 10.1. The van der Waals surface area contributed by atoms with Crippen molar-refractivity contribution in [1.82, 2.24) is 19.6 Å². The molecule has 0 saturated carbocycles. The second-order valence-corrected chi connectivity index (χ2v) is 4.13. The van der Waals surface area contributed by atoms with E-state index in [4.69, 9.17) is 5.26 Å². The maximum absolute atomic E-state index is 13.0. The molecule has 0 amide bonds. The van der Waals surface area contributed by atoms with Crippen LogP contribution in [0.3, 0.4) is 0 Å².